The molecular weight excluding hydrogens is 242 g/mol. The number of aromatic nitrogens is 1. The van der Waals surface area contributed by atoms with E-state index in [1.54, 1.807) is 0 Å². The van der Waals surface area contributed by atoms with Crippen molar-refractivity contribution >= 4 is 23.9 Å². The second kappa shape index (κ2) is 4.68. The molecule has 1 aromatic heterocycles. The molecule has 0 aliphatic carbocycles. The van der Waals surface area contributed by atoms with E-state index in [9.17, 15) is 0 Å². The molecule has 0 saturated carbocycles. The molecule has 100 valence electrons. The Morgan fingerprint density at radius 2 is 1.55 bits per heavy atom. The van der Waals surface area contributed by atoms with Crippen LogP contribution in [0.1, 0.15) is 18.1 Å². The Balaban J connectivity index is 2.36. The Bertz CT molecular complexity index is 837. The number of hydrogen-bond donors (Lipinski definition) is 0. The molecule has 3 rings (SSSR count). The van der Waals surface area contributed by atoms with Crippen LogP contribution in [0.25, 0.3) is 29.6 Å². The monoisotopic (exact) mass is 261 g/mol. The average Bonchev–Trinajstić information content (AvgIpc) is 2.72. The maximum Gasteiger partial charge on any atom is 0.0490 e. The van der Waals surface area contributed by atoms with Gasteiger partial charge in [-0.1, -0.05) is 56.5 Å². The van der Waals surface area contributed by atoms with Gasteiger partial charge in [-0.3, -0.25) is 0 Å². The van der Waals surface area contributed by atoms with Crippen molar-refractivity contribution in [3.8, 4) is 5.69 Å². The number of aryl methyl sites for hydroxylation is 2. The van der Waals surface area contributed by atoms with E-state index in [1.807, 2.05) is 12.1 Å². The summed E-state index contributed by atoms with van der Waals surface area (Å²) in [6.07, 6.45) is 1.06. The first-order valence-electron chi connectivity index (χ1n) is 7.00. The molecule has 0 aliphatic heterocycles. The maximum atomic E-state index is 4.25. The minimum atomic E-state index is 1.01. The van der Waals surface area contributed by atoms with Crippen molar-refractivity contribution in [2.45, 2.75) is 20.3 Å². The van der Waals surface area contributed by atoms with Gasteiger partial charge in [0.25, 0.3) is 0 Å². The minimum Gasteiger partial charge on any atom is -0.310 e. The Morgan fingerprint density at radius 3 is 2.05 bits per heavy atom. The molecular formula is C19H19N. The third-order valence-electron chi connectivity index (χ3n) is 4.00. The zero-order valence-corrected chi connectivity index (χ0v) is 12.1. The van der Waals surface area contributed by atoms with Crippen molar-refractivity contribution in [3.05, 3.63) is 64.3 Å². The Labute approximate surface area is 119 Å². The van der Waals surface area contributed by atoms with Crippen molar-refractivity contribution in [1.29, 1.82) is 0 Å². The summed E-state index contributed by atoms with van der Waals surface area (Å²) < 4.78 is 2.17. The molecule has 0 N–H and O–H groups in total. The van der Waals surface area contributed by atoms with Gasteiger partial charge in [-0.05, 0) is 30.5 Å². The van der Waals surface area contributed by atoms with E-state index in [4.69, 9.17) is 0 Å². The third kappa shape index (κ3) is 1.78. The van der Waals surface area contributed by atoms with Gasteiger partial charge in [0.1, 0.15) is 0 Å². The second-order valence-corrected chi connectivity index (χ2v) is 5.25. The molecule has 0 atom stereocenters. The fourth-order valence-electron chi connectivity index (χ4n) is 2.87. The molecule has 1 nitrogen and oxygen atoms in total. The summed E-state index contributed by atoms with van der Waals surface area (Å²) in [4.78, 5) is 0. The Hall–Kier alpha value is -2.28. The molecule has 0 aliphatic rings. The molecule has 20 heavy (non-hydrogen) atoms. The van der Waals surface area contributed by atoms with Crippen molar-refractivity contribution in [2.24, 2.45) is 0 Å². The second-order valence-electron chi connectivity index (χ2n) is 5.25. The zero-order chi connectivity index (χ0) is 14.3. The first-order chi connectivity index (χ1) is 9.63. The minimum absolute atomic E-state index is 1.01. The smallest absolute Gasteiger partial charge is 0.0490 e. The van der Waals surface area contributed by atoms with Crippen LogP contribution in [0.15, 0.2) is 42.5 Å². The molecule has 0 fully saturated rings. The molecule has 0 saturated heterocycles. The lowest BCUT2D eigenvalue weighted by Crippen LogP contribution is -2.23. The van der Waals surface area contributed by atoms with Gasteiger partial charge in [0, 0.05) is 27.2 Å². The van der Waals surface area contributed by atoms with Gasteiger partial charge in [0.05, 0.1) is 0 Å². The van der Waals surface area contributed by atoms with E-state index in [0.717, 1.165) is 17.1 Å². The van der Waals surface area contributed by atoms with E-state index >= 15 is 0 Å². The highest BCUT2D eigenvalue weighted by atomic mass is 15.0. The number of rotatable bonds is 2. The fourth-order valence-corrected chi connectivity index (χ4v) is 2.87. The summed E-state index contributed by atoms with van der Waals surface area (Å²) in [5, 5.41) is 4.38. The van der Waals surface area contributed by atoms with Crippen LogP contribution in [0.4, 0.5) is 0 Å². The highest BCUT2D eigenvalue weighted by molar-refractivity contribution is 5.84. The highest BCUT2D eigenvalue weighted by Gasteiger charge is 2.08. The number of hydrogen-bond acceptors (Lipinski definition) is 0. The van der Waals surface area contributed by atoms with Crippen molar-refractivity contribution in [1.82, 2.24) is 4.57 Å². The average molecular weight is 261 g/mol. The first kappa shape index (κ1) is 12.7. The van der Waals surface area contributed by atoms with Gasteiger partial charge in [0.2, 0.25) is 0 Å². The summed E-state index contributed by atoms with van der Waals surface area (Å²) in [5.41, 5.74) is 3.80. The van der Waals surface area contributed by atoms with Gasteiger partial charge in [0.15, 0.2) is 0 Å². The van der Waals surface area contributed by atoms with Crippen molar-refractivity contribution in [3.63, 3.8) is 0 Å². The number of fused-ring (bicyclic) bond motifs is 1. The predicted molar refractivity (Wildman–Crippen MR) is 87.7 cm³/mol. The molecule has 3 aromatic rings. The van der Waals surface area contributed by atoms with E-state index < -0.39 is 0 Å². The number of nitrogens with zero attached hydrogens (tertiary/aromatic N) is 1. The maximum absolute atomic E-state index is 4.25. The Kier molecular flexibility index (Phi) is 2.98. The zero-order valence-electron chi connectivity index (χ0n) is 12.1. The lowest BCUT2D eigenvalue weighted by molar-refractivity contribution is 0.989. The van der Waals surface area contributed by atoms with Crippen LogP contribution in [-0.2, 0) is 6.42 Å². The molecule has 0 amide bonds. The quantitative estimate of drug-likeness (QED) is 0.667. The standard InChI is InChI=1S/C19H19N/c1-5-16-10-11-19(13(2)12-16)20-14(3)17-8-6-7-9-18(17)15(20)4/h6-12H,3-5H2,1-2H3. The van der Waals surface area contributed by atoms with Crippen molar-refractivity contribution < 1.29 is 0 Å². The van der Waals surface area contributed by atoms with Crippen LogP contribution in [0.2, 0.25) is 0 Å². The van der Waals surface area contributed by atoms with Crippen LogP contribution in [0.5, 0.6) is 0 Å². The molecule has 0 spiro atoms. The van der Waals surface area contributed by atoms with E-state index in [1.165, 1.54) is 27.6 Å². The van der Waals surface area contributed by atoms with Gasteiger partial charge < -0.3 is 4.57 Å². The van der Waals surface area contributed by atoms with E-state index in [2.05, 4.69) is 61.9 Å². The SMILES string of the molecule is C=c1c2ccccc2c(=C)n1-c1ccc(CC)cc1C. The Morgan fingerprint density at radius 1 is 0.950 bits per heavy atom. The lowest BCUT2D eigenvalue weighted by Gasteiger charge is -2.10. The summed E-state index contributed by atoms with van der Waals surface area (Å²) in [6.45, 7) is 12.8. The summed E-state index contributed by atoms with van der Waals surface area (Å²) in [6, 6.07) is 14.9. The predicted octanol–water partition coefficient (Wildman–Crippen LogP) is 3.32. The third-order valence-corrected chi connectivity index (χ3v) is 4.00. The van der Waals surface area contributed by atoms with Crippen LogP contribution in [-0.4, -0.2) is 4.57 Å². The van der Waals surface area contributed by atoms with Crippen LogP contribution in [0, 0.1) is 6.92 Å². The molecule has 0 bridgehead atoms. The van der Waals surface area contributed by atoms with E-state index in [-0.39, 0.29) is 0 Å². The van der Waals surface area contributed by atoms with Crippen LogP contribution < -0.4 is 10.7 Å². The van der Waals surface area contributed by atoms with Crippen molar-refractivity contribution in [2.75, 3.05) is 0 Å². The topological polar surface area (TPSA) is 4.93 Å². The molecule has 1 heteroatoms. The van der Waals surface area contributed by atoms with Crippen LogP contribution in [0.3, 0.4) is 0 Å². The normalized spacial score (nSPS) is 11.1. The van der Waals surface area contributed by atoms with E-state index in [0.29, 0.717) is 0 Å². The molecule has 1 heterocycles. The molecule has 2 aromatic carbocycles. The van der Waals surface area contributed by atoms with Gasteiger partial charge in [-0.15, -0.1) is 0 Å². The number of benzene rings is 2. The molecule has 0 radical (unpaired) electrons. The summed E-state index contributed by atoms with van der Waals surface area (Å²) in [5.74, 6) is 0. The van der Waals surface area contributed by atoms with Gasteiger partial charge in [-0.25, -0.2) is 0 Å². The van der Waals surface area contributed by atoms with Gasteiger partial charge >= 0.3 is 0 Å². The summed E-state index contributed by atoms with van der Waals surface area (Å²) in [7, 11) is 0. The molecule has 0 unspecified atom stereocenters. The largest absolute Gasteiger partial charge is 0.310 e. The lowest BCUT2D eigenvalue weighted by atomic mass is 10.1. The van der Waals surface area contributed by atoms with Crippen LogP contribution >= 0.6 is 0 Å². The summed E-state index contributed by atoms with van der Waals surface area (Å²) >= 11 is 0. The highest BCUT2D eigenvalue weighted by Crippen LogP contribution is 2.16. The fraction of sp³-hybridized carbons (Fsp3) is 0.158. The first-order valence-corrected chi connectivity index (χ1v) is 7.00. The van der Waals surface area contributed by atoms with Gasteiger partial charge in [-0.2, -0.15) is 0 Å².